The summed E-state index contributed by atoms with van der Waals surface area (Å²) < 4.78 is 28.1. The van der Waals surface area contributed by atoms with Crippen LogP contribution in [0.4, 0.5) is 5.69 Å². The second kappa shape index (κ2) is 5.12. The first-order valence-corrected chi connectivity index (χ1v) is 6.97. The standard InChI is InChI=1S/C12H12N4O2S/c1-16-9-11(8-14-16)15-19(17,18)12-4-2-10(3-5-12)6-7-13/h2-5,8-9,15H,6H2,1H3. The zero-order valence-electron chi connectivity index (χ0n) is 10.2. The molecule has 0 fully saturated rings. The van der Waals surface area contributed by atoms with Crippen molar-refractivity contribution in [1.82, 2.24) is 9.78 Å². The first kappa shape index (κ1) is 13.1. The van der Waals surface area contributed by atoms with Gasteiger partial charge in [0.05, 0.1) is 29.3 Å². The Morgan fingerprint density at radius 3 is 2.58 bits per heavy atom. The minimum absolute atomic E-state index is 0.151. The number of aromatic nitrogens is 2. The van der Waals surface area contributed by atoms with Crippen LogP contribution in [0.15, 0.2) is 41.6 Å². The number of hydrogen-bond acceptors (Lipinski definition) is 4. The van der Waals surface area contributed by atoms with Crippen molar-refractivity contribution in [2.24, 2.45) is 7.05 Å². The summed E-state index contributed by atoms with van der Waals surface area (Å²) in [6.45, 7) is 0. The van der Waals surface area contributed by atoms with Gasteiger partial charge >= 0.3 is 0 Å². The van der Waals surface area contributed by atoms with Crippen molar-refractivity contribution in [3.63, 3.8) is 0 Å². The number of sulfonamides is 1. The molecule has 1 heterocycles. The molecule has 1 aromatic heterocycles. The van der Waals surface area contributed by atoms with Gasteiger partial charge in [0.25, 0.3) is 10.0 Å². The molecule has 1 aromatic carbocycles. The number of nitrogens with one attached hydrogen (secondary N) is 1. The maximum Gasteiger partial charge on any atom is 0.261 e. The number of anilines is 1. The van der Waals surface area contributed by atoms with Crippen LogP contribution in [0.25, 0.3) is 0 Å². The van der Waals surface area contributed by atoms with E-state index in [1.807, 2.05) is 6.07 Å². The van der Waals surface area contributed by atoms with Crippen LogP contribution in [-0.2, 0) is 23.5 Å². The Balaban J connectivity index is 2.22. The third kappa shape index (κ3) is 3.11. The highest BCUT2D eigenvalue weighted by Gasteiger charge is 2.14. The largest absolute Gasteiger partial charge is 0.276 e. The zero-order chi connectivity index (χ0) is 13.9. The van der Waals surface area contributed by atoms with Crippen LogP contribution in [0.1, 0.15) is 5.56 Å². The lowest BCUT2D eigenvalue weighted by molar-refractivity contribution is 0.601. The van der Waals surface area contributed by atoms with Gasteiger partial charge in [0, 0.05) is 13.2 Å². The number of hydrogen-bond donors (Lipinski definition) is 1. The number of nitrogens with zero attached hydrogens (tertiary/aromatic N) is 3. The number of aryl methyl sites for hydroxylation is 1. The van der Waals surface area contributed by atoms with E-state index in [1.165, 1.54) is 23.0 Å². The van der Waals surface area contributed by atoms with Gasteiger partial charge in [0.15, 0.2) is 0 Å². The van der Waals surface area contributed by atoms with Gasteiger partial charge in [-0.25, -0.2) is 8.42 Å². The summed E-state index contributed by atoms with van der Waals surface area (Å²) in [5, 5.41) is 12.4. The van der Waals surface area contributed by atoms with E-state index in [0.717, 1.165) is 5.56 Å². The second-order valence-electron chi connectivity index (χ2n) is 3.99. The summed E-state index contributed by atoms with van der Waals surface area (Å²) in [5.74, 6) is 0. The van der Waals surface area contributed by atoms with Gasteiger partial charge < -0.3 is 0 Å². The average molecular weight is 276 g/mol. The summed E-state index contributed by atoms with van der Waals surface area (Å²) >= 11 is 0. The molecule has 7 heteroatoms. The maximum atomic E-state index is 12.1. The fraction of sp³-hybridized carbons (Fsp3) is 0.167. The molecule has 0 bridgehead atoms. The Labute approximate surface area is 111 Å². The second-order valence-corrected chi connectivity index (χ2v) is 5.67. The van der Waals surface area contributed by atoms with Crippen molar-refractivity contribution < 1.29 is 8.42 Å². The summed E-state index contributed by atoms with van der Waals surface area (Å²) in [7, 11) is -1.92. The Kier molecular flexibility index (Phi) is 3.53. The van der Waals surface area contributed by atoms with E-state index in [4.69, 9.17) is 5.26 Å². The SMILES string of the molecule is Cn1cc(NS(=O)(=O)c2ccc(CC#N)cc2)cn1. The first-order valence-electron chi connectivity index (χ1n) is 5.48. The molecule has 0 aliphatic rings. The minimum atomic E-state index is -3.62. The van der Waals surface area contributed by atoms with Crippen molar-refractivity contribution in [3.05, 3.63) is 42.2 Å². The Bertz CT molecular complexity index is 711. The Morgan fingerprint density at radius 1 is 1.37 bits per heavy atom. The van der Waals surface area contributed by atoms with Crippen LogP contribution in [0, 0.1) is 11.3 Å². The summed E-state index contributed by atoms with van der Waals surface area (Å²) in [6, 6.07) is 8.22. The maximum absolute atomic E-state index is 12.1. The van der Waals surface area contributed by atoms with E-state index in [0.29, 0.717) is 5.69 Å². The molecule has 0 radical (unpaired) electrons. The predicted octanol–water partition coefficient (Wildman–Crippen LogP) is 1.29. The smallest absolute Gasteiger partial charge is 0.261 e. The molecule has 0 aliphatic heterocycles. The molecular weight excluding hydrogens is 264 g/mol. The van der Waals surface area contributed by atoms with Crippen molar-refractivity contribution in [2.45, 2.75) is 11.3 Å². The lowest BCUT2D eigenvalue weighted by Crippen LogP contribution is -2.12. The van der Waals surface area contributed by atoms with E-state index in [2.05, 4.69) is 9.82 Å². The first-order chi connectivity index (χ1) is 9.01. The fourth-order valence-electron chi connectivity index (χ4n) is 1.57. The third-order valence-corrected chi connectivity index (χ3v) is 3.87. The van der Waals surface area contributed by atoms with Crippen LogP contribution < -0.4 is 4.72 Å². The van der Waals surface area contributed by atoms with Crippen molar-refractivity contribution in [1.29, 1.82) is 5.26 Å². The Hall–Kier alpha value is -2.33. The highest BCUT2D eigenvalue weighted by Crippen LogP contribution is 2.15. The number of nitriles is 1. The van der Waals surface area contributed by atoms with Crippen LogP contribution >= 0.6 is 0 Å². The number of rotatable bonds is 4. The lowest BCUT2D eigenvalue weighted by Gasteiger charge is -2.06. The summed E-state index contributed by atoms with van der Waals surface area (Å²) in [5.41, 5.74) is 1.19. The van der Waals surface area contributed by atoms with E-state index >= 15 is 0 Å². The molecule has 0 saturated heterocycles. The average Bonchev–Trinajstić information content (AvgIpc) is 2.75. The van der Waals surface area contributed by atoms with Crippen molar-refractivity contribution in [3.8, 4) is 6.07 Å². The van der Waals surface area contributed by atoms with Gasteiger partial charge in [-0.15, -0.1) is 0 Å². The van der Waals surface area contributed by atoms with Crippen molar-refractivity contribution >= 4 is 15.7 Å². The molecule has 0 atom stereocenters. The molecule has 98 valence electrons. The van der Waals surface area contributed by atoms with Crippen LogP contribution in [0.2, 0.25) is 0 Å². The normalized spacial score (nSPS) is 10.9. The Morgan fingerprint density at radius 2 is 2.05 bits per heavy atom. The zero-order valence-corrected chi connectivity index (χ0v) is 11.1. The molecule has 2 rings (SSSR count). The van der Waals surface area contributed by atoms with E-state index in [9.17, 15) is 8.42 Å². The van der Waals surface area contributed by atoms with Gasteiger partial charge in [-0.05, 0) is 17.7 Å². The van der Waals surface area contributed by atoms with Crippen LogP contribution in [-0.4, -0.2) is 18.2 Å². The molecule has 0 saturated carbocycles. The molecule has 0 unspecified atom stereocenters. The van der Waals surface area contributed by atoms with Crippen LogP contribution in [0.5, 0.6) is 0 Å². The topological polar surface area (TPSA) is 87.8 Å². The highest BCUT2D eigenvalue weighted by molar-refractivity contribution is 7.92. The van der Waals surface area contributed by atoms with Gasteiger partial charge in [-0.1, -0.05) is 12.1 Å². The van der Waals surface area contributed by atoms with Gasteiger partial charge in [-0.3, -0.25) is 9.40 Å². The summed E-state index contributed by atoms with van der Waals surface area (Å²) in [4.78, 5) is 0.151. The van der Waals surface area contributed by atoms with Crippen LogP contribution in [0.3, 0.4) is 0 Å². The molecule has 0 spiro atoms. The summed E-state index contributed by atoms with van der Waals surface area (Å²) in [6.07, 6.45) is 3.26. The van der Waals surface area contributed by atoms with Gasteiger partial charge in [0.2, 0.25) is 0 Å². The fourth-order valence-corrected chi connectivity index (χ4v) is 2.59. The van der Waals surface area contributed by atoms with Gasteiger partial charge in [-0.2, -0.15) is 10.4 Å². The van der Waals surface area contributed by atoms with Crippen molar-refractivity contribution in [2.75, 3.05) is 4.72 Å². The monoisotopic (exact) mass is 276 g/mol. The molecule has 19 heavy (non-hydrogen) atoms. The highest BCUT2D eigenvalue weighted by atomic mass is 32.2. The van der Waals surface area contributed by atoms with Gasteiger partial charge in [0.1, 0.15) is 0 Å². The molecule has 0 aliphatic carbocycles. The predicted molar refractivity (Wildman–Crippen MR) is 69.8 cm³/mol. The number of benzene rings is 1. The third-order valence-electron chi connectivity index (χ3n) is 2.47. The van der Waals surface area contributed by atoms with E-state index in [1.54, 1.807) is 25.4 Å². The lowest BCUT2D eigenvalue weighted by atomic mass is 10.2. The molecule has 1 N–H and O–H groups in total. The quantitative estimate of drug-likeness (QED) is 0.911. The minimum Gasteiger partial charge on any atom is -0.276 e. The molecule has 2 aromatic rings. The molecule has 0 amide bonds. The molecular formula is C12H12N4O2S. The molecule has 6 nitrogen and oxygen atoms in total. The van der Waals surface area contributed by atoms with E-state index in [-0.39, 0.29) is 11.3 Å². The van der Waals surface area contributed by atoms with E-state index < -0.39 is 10.0 Å².